The van der Waals surface area contributed by atoms with Crippen LogP contribution in [0.25, 0.3) is 0 Å². The van der Waals surface area contributed by atoms with Crippen LogP contribution in [0.2, 0.25) is 0 Å². The zero-order valence-electron chi connectivity index (χ0n) is 11.0. The molecule has 1 unspecified atom stereocenters. The summed E-state index contributed by atoms with van der Waals surface area (Å²) >= 11 is 0. The van der Waals surface area contributed by atoms with Gasteiger partial charge in [0.05, 0.1) is 7.11 Å². The Bertz CT molecular complexity index is 414. The third kappa shape index (κ3) is 2.89. The summed E-state index contributed by atoms with van der Waals surface area (Å²) in [4.78, 5) is 14.2. The van der Waals surface area contributed by atoms with Crippen LogP contribution in [0.1, 0.15) is 17.2 Å². The molecule has 1 aromatic rings. The van der Waals surface area contributed by atoms with Gasteiger partial charge in [0.25, 0.3) is 0 Å². The molecule has 1 aliphatic heterocycles. The van der Waals surface area contributed by atoms with Crippen molar-refractivity contribution in [2.45, 2.75) is 13.0 Å². The summed E-state index contributed by atoms with van der Waals surface area (Å²) in [6.45, 7) is 5.61. The van der Waals surface area contributed by atoms with E-state index in [2.05, 4.69) is 16.3 Å². The first-order chi connectivity index (χ1) is 8.72. The van der Waals surface area contributed by atoms with Crippen LogP contribution in [0.3, 0.4) is 0 Å². The van der Waals surface area contributed by atoms with Gasteiger partial charge < -0.3 is 10.1 Å². The molecule has 1 fully saturated rings. The van der Waals surface area contributed by atoms with E-state index in [0.29, 0.717) is 0 Å². The summed E-state index contributed by atoms with van der Waals surface area (Å²) in [5, 5.41) is 3.30. The summed E-state index contributed by atoms with van der Waals surface area (Å²) in [5.74, 6) is -0.178. The van der Waals surface area contributed by atoms with Crippen molar-refractivity contribution in [1.29, 1.82) is 0 Å². The van der Waals surface area contributed by atoms with Crippen LogP contribution in [-0.4, -0.2) is 44.2 Å². The topological polar surface area (TPSA) is 41.6 Å². The predicted molar refractivity (Wildman–Crippen MR) is 70.4 cm³/mol. The molecule has 0 radical (unpaired) electrons. The second kappa shape index (κ2) is 5.98. The van der Waals surface area contributed by atoms with Crippen LogP contribution in [0.5, 0.6) is 0 Å². The molecule has 1 saturated heterocycles. The summed E-state index contributed by atoms with van der Waals surface area (Å²) in [6, 6.07) is 7.80. The van der Waals surface area contributed by atoms with Gasteiger partial charge in [0.1, 0.15) is 6.04 Å². The van der Waals surface area contributed by atoms with Crippen molar-refractivity contribution in [1.82, 2.24) is 10.2 Å². The number of ether oxygens (including phenoxy) is 1. The molecule has 0 spiro atoms. The molecule has 0 bridgehead atoms. The van der Waals surface area contributed by atoms with Gasteiger partial charge in [0.15, 0.2) is 0 Å². The average molecular weight is 248 g/mol. The third-order valence-corrected chi connectivity index (χ3v) is 3.30. The number of hydrogen-bond donors (Lipinski definition) is 1. The molecule has 1 heterocycles. The number of nitrogens with one attached hydrogen (secondary N) is 1. The van der Waals surface area contributed by atoms with E-state index in [1.165, 1.54) is 7.11 Å². The molecule has 1 aromatic carbocycles. The van der Waals surface area contributed by atoms with Crippen LogP contribution in [0, 0.1) is 6.92 Å². The van der Waals surface area contributed by atoms with Crippen molar-refractivity contribution in [3.8, 4) is 0 Å². The fourth-order valence-electron chi connectivity index (χ4n) is 2.39. The fraction of sp³-hybridized carbons (Fsp3) is 0.500. The van der Waals surface area contributed by atoms with E-state index in [1.807, 2.05) is 25.1 Å². The molecule has 2 rings (SSSR count). The number of esters is 1. The van der Waals surface area contributed by atoms with Crippen LogP contribution < -0.4 is 5.32 Å². The van der Waals surface area contributed by atoms with Gasteiger partial charge in [-0.1, -0.05) is 29.8 Å². The van der Waals surface area contributed by atoms with Gasteiger partial charge >= 0.3 is 5.97 Å². The normalized spacial score (nSPS) is 18.3. The Kier molecular flexibility index (Phi) is 4.33. The quantitative estimate of drug-likeness (QED) is 0.814. The van der Waals surface area contributed by atoms with E-state index in [1.54, 1.807) is 0 Å². The van der Waals surface area contributed by atoms with Gasteiger partial charge in [-0.3, -0.25) is 4.90 Å². The van der Waals surface area contributed by atoms with E-state index >= 15 is 0 Å². The minimum Gasteiger partial charge on any atom is -0.468 e. The lowest BCUT2D eigenvalue weighted by atomic mass is 10.0. The van der Waals surface area contributed by atoms with Crippen LogP contribution >= 0.6 is 0 Å². The molecule has 0 saturated carbocycles. The molecule has 1 N–H and O–H groups in total. The van der Waals surface area contributed by atoms with Crippen molar-refractivity contribution in [3.05, 3.63) is 35.4 Å². The number of rotatable bonds is 3. The molecule has 1 aliphatic rings. The number of aryl methyl sites for hydroxylation is 1. The highest BCUT2D eigenvalue weighted by Crippen LogP contribution is 2.23. The number of carbonyl (C=O) groups is 1. The van der Waals surface area contributed by atoms with E-state index in [4.69, 9.17) is 4.74 Å². The van der Waals surface area contributed by atoms with Crippen molar-refractivity contribution >= 4 is 5.97 Å². The number of nitrogens with zero attached hydrogens (tertiary/aromatic N) is 1. The fourth-order valence-corrected chi connectivity index (χ4v) is 2.39. The third-order valence-electron chi connectivity index (χ3n) is 3.30. The molecule has 18 heavy (non-hydrogen) atoms. The maximum atomic E-state index is 12.0. The zero-order valence-corrected chi connectivity index (χ0v) is 11.0. The van der Waals surface area contributed by atoms with Crippen LogP contribution in [0.15, 0.2) is 24.3 Å². The van der Waals surface area contributed by atoms with Gasteiger partial charge in [0.2, 0.25) is 0 Å². The van der Waals surface area contributed by atoms with E-state index in [-0.39, 0.29) is 12.0 Å². The Hall–Kier alpha value is -1.39. The molecular formula is C14H20N2O2. The predicted octanol–water partition coefficient (Wildman–Crippen LogP) is 1.11. The maximum absolute atomic E-state index is 12.0. The van der Waals surface area contributed by atoms with Crippen LogP contribution in [-0.2, 0) is 9.53 Å². The summed E-state index contributed by atoms with van der Waals surface area (Å²) in [7, 11) is 1.45. The summed E-state index contributed by atoms with van der Waals surface area (Å²) in [6.07, 6.45) is 0. The van der Waals surface area contributed by atoms with Gasteiger partial charge in [-0.15, -0.1) is 0 Å². The van der Waals surface area contributed by atoms with Crippen LogP contribution in [0.4, 0.5) is 0 Å². The SMILES string of the molecule is COC(=O)C(c1cccc(C)c1)N1CCNCC1. The molecule has 4 heteroatoms. The standard InChI is InChI=1S/C14H20N2O2/c1-11-4-3-5-12(10-11)13(14(17)18-2)16-8-6-15-7-9-16/h3-5,10,13,15H,6-9H2,1-2H3. The first-order valence-corrected chi connectivity index (χ1v) is 6.31. The second-order valence-corrected chi connectivity index (χ2v) is 4.63. The van der Waals surface area contributed by atoms with Crippen molar-refractivity contribution in [3.63, 3.8) is 0 Å². The van der Waals surface area contributed by atoms with Crippen molar-refractivity contribution in [2.24, 2.45) is 0 Å². The Labute approximate surface area is 108 Å². The number of methoxy groups -OCH3 is 1. The van der Waals surface area contributed by atoms with Gasteiger partial charge in [-0.25, -0.2) is 4.79 Å². The van der Waals surface area contributed by atoms with Crippen molar-refractivity contribution < 1.29 is 9.53 Å². The molecule has 0 aliphatic carbocycles. The highest BCUT2D eigenvalue weighted by molar-refractivity contribution is 5.77. The zero-order chi connectivity index (χ0) is 13.0. The Morgan fingerprint density at radius 2 is 2.11 bits per heavy atom. The number of hydrogen-bond acceptors (Lipinski definition) is 4. The van der Waals surface area contributed by atoms with Crippen molar-refractivity contribution in [2.75, 3.05) is 33.3 Å². The monoisotopic (exact) mass is 248 g/mol. The molecule has 0 amide bonds. The average Bonchev–Trinajstić information content (AvgIpc) is 2.40. The second-order valence-electron chi connectivity index (χ2n) is 4.63. The highest BCUT2D eigenvalue weighted by atomic mass is 16.5. The number of piperazine rings is 1. The lowest BCUT2D eigenvalue weighted by molar-refractivity contribution is -0.147. The largest absolute Gasteiger partial charge is 0.468 e. The lowest BCUT2D eigenvalue weighted by Crippen LogP contribution is -2.47. The van der Waals surface area contributed by atoms with E-state index < -0.39 is 0 Å². The van der Waals surface area contributed by atoms with Gasteiger partial charge in [-0.2, -0.15) is 0 Å². The minimum absolute atomic E-state index is 0.178. The Morgan fingerprint density at radius 1 is 1.39 bits per heavy atom. The molecule has 1 atom stereocenters. The molecule has 98 valence electrons. The first-order valence-electron chi connectivity index (χ1n) is 6.31. The highest BCUT2D eigenvalue weighted by Gasteiger charge is 2.29. The first kappa shape index (κ1) is 13.1. The van der Waals surface area contributed by atoms with E-state index in [9.17, 15) is 4.79 Å². The maximum Gasteiger partial charge on any atom is 0.327 e. The summed E-state index contributed by atoms with van der Waals surface area (Å²) in [5.41, 5.74) is 2.18. The lowest BCUT2D eigenvalue weighted by Gasteiger charge is -2.33. The van der Waals surface area contributed by atoms with Gasteiger partial charge in [-0.05, 0) is 12.5 Å². The molecule has 0 aromatic heterocycles. The Morgan fingerprint density at radius 3 is 2.72 bits per heavy atom. The molecule has 4 nitrogen and oxygen atoms in total. The number of carbonyl (C=O) groups excluding carboxylic acids is 1. The summed E-state index contributed by atoms with van der Waals surface area (Å²) < 4.78 is 4.96. The Balaban J connectivity index is 2.26. The van der Waals surface area contributed by atoms with Gasteiger partial charge in [0, 0.05) is 26.2 Å². The molecular weight excluding hydrogens is 228 g/mol. The minimum atomic E-state index is -0.281. The van der Waals surface area contributed by atoms with E-state index in [0.717, 1.165) is 37.3 Å². The smallest absolute Gasteiger partial charge is 0.327 e. The number of benzene rings is 1.